The van der Waals surface area contributed by atoms with Gasteiger partial charge in [0.2, 0.25) is 6.54 Å². The number of nitro groups is 1. The molecule has 0 N–H and O–H groups in total. The highest BCUT2D eigenvalue weighted by Crippen LogP contribution is 2.08. The molecule has 14 heavy (non-hydrogen) atoms. The summed E-state index contributed by atoms with van der Waals surface area (Å²) >= 11 is 0. The Labute approximate surface area is 82.0 Å². The highest BCUT2D eigenvalue weighted by atomic mass is 16.6. The van der Waals surface area contributed by atoms with Gasteiger partial charge >= 0.3 is 0 Å². The molecule has 0 aromatic heterocycles. The Morgan fingerprint density at radius 2 is 2.07 bits per heavy atom. The van der Waals surface area contributed by atoms with E-state index in [4.69, 9.17) is 4.74 Å². The minimum absolute atomic E-state index is 0.0609. The Bertz CT molecular complexity index is 308. The zero-order valence-corrected chi connectivity index (χ0v) is 7.63. The second-order valence-electron chi connectivity index (χ2n) is 2.65. The first-order chi connectivity index (χ1) is 6.79. The van der Waals surface area contributed by atoms with Gasteiger partial charge in [-0.3, -0.25) is 10.1 Å². The van der Waals surface area contributed by atoms with Crippen LogP contribution in [0.25, 0.3) is 0 Å². The highest BCUT2D eigenvalue weighted by molar-refractivity contribution is 5.21. The highest BCUT2D eigenvalue weighted by Gasteiger charge is 1.91. The van der Waals surface area contributed by atoms with Crippen LogP contribution in [0.15, 0.2) is 42.7 Å². The van der Waals surface area contributed by atoms with E-state index in [2.05, 4.69) is 0 Å². The number of nitrogens with zero attached hydrogens (tertiary/aromatic N) is 1. The summed E-state index contributed by atoms with van der Waals surface area (Å²) in [5.41, 5.74) is 0. The van der Waals surface area contributed by atoms with Crippen LogP contribution in [0.1, 0.15) is 6.42 Å². The van der Waals surface area contributed by atoms with E-state index in [1.165, 1.54) is 6.26 Å². The van der Waals surface area contributed by atoms with Crippen molar-refractivity contribution in [2.24, 2.45) is 0 Å². The lowest BCUT2D eigenvalue weighted by molar-refractivity contribution is -0.478. The summed E-state index contributed by atoms with van der Waals surface area (Å²) in [6, 6.07) is 9.25. The van der Waals surface area contributed by atoms with Crippen molar-refractivity contribution in [3.63, 3.8) is 0 Å². The number of hydrogen-bond donors (Lipinski definition) is 0. The number of benzene rings is 1. The molecule has 0 heterocycles. The fourth-order valence-corrected chi connectivity index (χ4v) is 0.874. The van der Waals surface area contributed by atoms with Gasteiger partial charge in [0.1, 0.15) is 5.75 Å². The van der Waals surface area contributed by atoms with Crippen LogP contribution in [0.5, 0.6) is 5.75 Å². The summed E-state index contributed by atoms with van der Waals surface area (Å²) < 4.78 is 5.18. The number of rotatable bonds is 5. The summed E-state index contributed by atoms with van der Waals surface area (Å²) in [6.45, 7) is -0.0609. The van der Waals surface area contributed by atoms with E-state index in [1.807, 2.05) is 30.3 Å². The van der Waals surface area contributed by atoms with Gasteiger partial charge in [-0.1, -0.05) is 18.2 Å². The van der Waals surface area contributed by atoms with E-state index >= 15 is 0 Å². The van der Waals surface area contributed by atoms with Gasteiger partial charge in [0, 0.05) is 11.3 Å². The Balaban J connectivity index is 2.24. The summed E-state index contributed by atoms with van der Waals surface area (Å²) in [4.78, 5) is 9.61. The topological polar surface area (TPSA) is 52.4 Å². The second-order valence-corrected chi connectivity index (χ2v) is 2.65. The van der Waals surface area contributed by atoms with Gasteiger partial charge in [0.05, 0.1) is 6.26 Å². The Morgan fingerprint density at radius 3 is 2.71 bits per heavy atom. The lowest BCUT2D eigenvalue weighted by Gasteiger charge is -1.97. The number of hydrogen-bond acceptors (Lipinski definition) is 3. The molecule has 0 bridgehead atoms. The molecule has 0 saturated carbocycles. The lowest BCUT2D eigenvalue weighted by Crippen LogP contribution is -1.98. The summed E-state index contributed by atoms with van der Waals surface area (Å²) in [5, 5.41) is 9.96. The average Bonchev–Trinajstić information content (AvgIpc) is 2.18. The van der Waals surface area contributed by atoms with E-state index < -0.39 is 0 Å². The number of ether oxygens (including phenoxy) is 1. The quantitative estimate of drug-likeness (QED) is 0.409. The van der Waals surface area contributed by atoms with E-state index in [1.54, 1.807) is 6.08 Å². The van der Waals surface area contributed by atoms with Crippen molar-refractivity contribution in [2.75, 3.05) is 6.54 Å². The molecule has 0 aliphatic carbocycles. The van der Waals surface area contributed by atoms with Crippen LogP contribution in [-0.2, 0) is 0 Å². The van der Waals surface area contributed by atoms with Crippen molar-refractivity contribution in [3.05, 3.63) is 52.8 Å². The standard InChI is InChI=1S/C10H11NO3/c12-11(13)8-4-5-9-14-10-6-2-1-3-7-10/h1-3,5-7,9H,4,8H2. The van der Waals surface area contributed by atoms with Crippen LogP contribution in [-0.4, -0.2) is 11.5 Å². The SMILES string of the molecule is O=[N+]([O-])CCC=COc1ccccc1. The van der Waals surface area contributed by atoms with Crippen molar-refractivity contribution >= 4 is 0 Å². The molecule has 1 rings (SSSR count). The first kappa shape index (κ1) is 10.2. The van der Waals surface area contributed by atoms with E-state index in [9.17, 15) is 10.1 Å². The molecule has 0 spiro atoms. The molecule has 4 nitrogen and oxygen atoms in total. The molecule has 0 radical (unpaired) electrons. The van der Waals surface area contributed by atoms with Crippen LogP contribution in [0.3, 0.4) is 0 Å². The van der Waals surface area contributed by atoms with Gasteiger partial charge in [0.25, 0.3) is 0 Å². The molecule has 0 atom stereocenters. The maximum atomic E-state index is 9.96. The molecule has 0 fully saturated rings. The molecule has 0 amide bonds. The van der Waals surface area contributed by atoms with Crippen molar-refractivity contribution in [2.45, 2.75) is 6.42 Å². The van der Waals surface area contributed by atoms with Crippen LogP contribution >= 0.6 is 0 Å². The molecule has 74 valence electrons. The van der Waals surface area contributed by atoms with Crippen molar-refractivity contribution in [1.29, 1.82) is 0 Å². The molecule has 0 aliphatic heterocycles. The minimum Gasteiger partial charge on any atom is -0.465 e. The van der Waals surface area contributed by atoms with E-state index in [-0.39, 0.29) is 11.5 Å². The Hall–Kier alpha value is -1.84. The fraction of sp³-hybridized carbons (Fsp3) is 0.200. The third kappa shape index (κ3) is 4.25. The van der Waals surface area contributed by atoms with Crippen molar-refractivity contribution in [3.8, 4) is 5.75 Å². The molecule has 4 heteroatoms. The summed E-state index contributed by atoms with van der Waals surface area (Å²) in [6.07, 6.45) is 3.49. The first-order valence-electron chi connectivity index (χ1n) is 4.27. The van der Waals surface area contributed by atoms with E-state index in [0.29, 0.717) is 6.42 Å². The molecule has 1 aromatic carbocycles. The van der Waals surface area contributed by atoms with Crippen molar-refractivity contribution in [1.82, 2.24) is 0 Å². The Morgan fingerprint density at radius 1 is 1.36 bits per heavy atom. The zero-order valence-electron chi connectivity index (χ0n) is 7.63. The molecule has 0 unspecified atom stereocenters. The minimum atomic E-state index is -0.354. The second kappa shape index (κ2) is 5.75. The van der Waals surface area contributed by atoms with Crippen LogP contribution < -0.4 is 4.74 Å². The van der Waals surface area contributed by atoms with E-state index in [0.717, 1.165) is 5.75 Å². The van der Waals surface area contributed by atoms with Gasteiger partial charge in [-0.2, -0.15) is 0 Å². The zero-order chi connectivity index (χ0) is 10.2. The lowest BCUT2D eigenvalue weighted by atomic mass is 10.3. The molecular formula is C10H11NO3. The van der Waals surface area contributed by atoms with Crippen LogP contribution in [0.2, 0.25) is 0 Å². The maximum absolute atomic E-state index is 9.96. The fourth-order valence-electron chi connectivity index (χ4n) is 0.874. The smallest absolute Gasteiger partial charge is 0.207 e. The van der Waals surface area contributed by atoms with Gasteiger partial charge in [-0.25, -0.2) is 0 Å². The molecular weight excluding hydrogens is 182 g/mol. The summed E-state index contributed by atoms with van der Waals surface area (Å²) in [5.74, 6) is 0.727. The summed E-state index contributed by atoms with van der Waals surface area (Å²) in [7, 11) is 0. The molecule has 1 aromatic rings. The maximum Gasteiger partial charge on any atom is 0.207 e. The first-order valence-corrected chi connectivity index (χ1v) is 4.27. The van der Waals surface area contributed by atoms with Crippen molar-refractivity contribution < 1.29 is 9.66 Å². The van der Waals surface area contributed by atoms with Gasteiger partial charge < -0.3 is 4.74 Å². The van der Waals surface area contributed by atoms with Gasteiger partial charge in [-0.15, -0.1) is 0 Å². The predicted octanol–water partition coefficient (Wildman–Crippen LogP) is 2.25. The average molecular weight is 193 g/mol. The van der Waals surface area contributed by atoms with Gasteiger partial charge in [-0.05, 0) is 18.2 Å². The third-order valence-corrected chi connectivity index (χ3v) is 1.52. The predicted molar refractivity (Wildman–Crippen MR) is 52.7 cm³/mol. The largest absolute Gasteiger partial charge is 0.465 e. The number of para-hydroxylation sites is 1. The third-order valence-electron chi connectivity index (χ3n) is 1.52. The van der Waals surface area contributed by atoms with Crippen LogP contribution in [0.4, 0.5) is 0 Å². The molecule has 0 saturated heterocycles. The monoisotopic (exact) mass is 193 g/mol. The van der Waals surface area contributed by atoms with Crippen LogP contribution in [0, 0.1) is 10.1 Å². The van der Waals surface area contributed by atoms with Gasteiger partial charge in [0.15, 0.2) is 0 Å². The normalized spacial score (nSPS) is 10.3. The Kier molecular flexibility index (Phi) is 4.20. The molecule has 0 aliphatic rings.